The minimum atomic E-state index is -0.504. The van der Waals surface area contributed by atoms with Crippen molar-refractivity contribution in [2.75, 3.05) is 6.54 Å². The molecule has 0 aromatic rings. The molecule has 1 atom stereocenters. The lowest BCUT2D eigenvalue weighted by molar-refractivity contribution is -0.123. The smallest absolute Gasteiger partial charge is 0.230 e. The van der Waals surface area contributed by atoms with Gasteiger partial charge in [0.15, 0.2) is 5.84 Å². The molecule has 0 spiro atoms. The molecular formula is C12H25N3O2. The number of rotatable bonds is 9. The second-order valence-corrected chi connectivity index (χ2v) is 4.22. The van der Waals surface area contributed by atoms with E-state index in [0.717, 1.165) is 19.3 Å². The molecule has 0 heterocycles. The number of nitrogens with one attached hydrogen (secondary N) is 1. The highest BCUT2D eigenvalue weighted by atomic mass is 16.4. The molecule has 0 saturated heterocycles. The van der Waals surface area contributed by atoms with Gasteiger partial charge in [0.05, 0.1) is 5.92 Å². The summed E-state index contributed by atoms with van der Waals surface area (Å²) in [6.45, 7) is 4.78. The summed E-state index contributed by atoms with van der Waals surface area (Å²) in [4.78, 5) is 11.8. The molecule has 0 aromatic heterocycles. The molecule has 0 radical (unpaired) electrons. The zero-order valence-corrected chi connectivity index (χ0v) is 10.9. The largest absolute Gasteiger partial charge is 0.409 e. The van der Waals surface area contributed by atoms with Crippen molar-refractivity contribution in [3.05, 3.63) is 0 Å². The number of carbonyl (C=O) groups excluding carboxylic acids is 1. The quantitative estimate of drug-likeness (QED) is 0.190. The number of nitrogens with two attached hydrogens (primary N) is 1. The first-order valence-electron chi connectivity index (χ1n) is 6.42. The number of amides is 1. The Bertz CT molecular complexity index is 242. The van der Waals surface area contributed by atoms with Crippen LogP contribution in [-0.2, 0) is 4.79 Å². The normalized spacial score (nSPS) is 13.4. The van der Waals surface area contributed by atoms with Crippen LogP contribution in [0, 0.1) is 5.92 Å². The van der Waals surface area contributed by atoms with Crippen molar-refractivity contribution < 1.29 is 10.0 Å². The van der Waals surface area contributed by atoms with Crippen LogP contribution in [0.4, 0.5) is 0 Å². The third-order valence-electron chi connectivity index (χ3n) is 2.70. The monoisotopic (exact) mass is 243 g/mol. The van der Waals surface area contributed by atoms with Crippen LogP contribution in [0.25, 0.3) is 0 Å². The predicted molar refractivity (Wildman–Crippen MR) is 69.0 cm³/mol. The van der Waals surface area contributed by atoms with Gasteiger partial charge in [-0.2, -0.15) is 0 Å². The molecule has 0 aliphatic carbocycles. The van der Waals surface area contributed by atoms with Gasteiger partial charge >= 0.3 is 0 Å². The van der Waals surface area contributed by atoms with Crippen LogP contribution in [-0.4, -0.2) is 23.5 Å². The van der Waals surface area contributed by atoms with Crippen molar-refractivity contribution in [3.8, 4) is 0 Å². The average molecular weight is 243 g/mol. The molecular weight excluding hydrogens is 218 g/mol. The van der Waals surface area contributed by atoms with Crippen LogP contribution in [0.15, 0.2) is 5.16 Å². The van der Waals surface area contributed by atoms with Crippen molar-refractivity contribution in [1.29, 1.82) is 0 Å². The summed E-state index contributed by atoms with van der Waals surface area (Å²) < 4.78 is 0. The molecule has 0 aromatic carbocycles. The van der Waals surface area contributed by atoms with E-state index in [2.05, 4.69) is 17.4 Å². The van der Waals surface area contributed by atoms with E-state index >= 15 is 0 Å². The maximum absolute atomic E-state index is 11.8. The van der Waals surface area contributed by atoms with Gasteiger partial charge in [0, 0.05) is 6.54 Å². The summed E-state index contributed by atoms with van der Waals surface area (Å²) in [5.74, 6) is -0.646. The summed E-state index contributed by atoms with van der Waals surface area (Å²) in [5, 5.41) is 14.4. The molecule has 0 aliphatic rings. The molecule has 100 valence electrons. The van der Waals surface area contributed by atoms with Gasteiger partial charge in [0.1, 0.15) is 0 Å². The van der Waals surface area contributed by atoms with Crippen LogP contribution in [0.1, 0.15) is 52.4 Å². The molecule has 0 saturated carbocycles. The first-order valence-corrected chi connectivity index (χ1v) is 6.42. The molecule has 5 nitrogen and oxygen atoms in total. The second-order valence-electron chi connectivity index (χ2n) is 4.22. The van der Waals surface area contributed by atoms with Gasteiger partial charge in [-0.25, -0.2) is 0 Å². The average Bonchev–Trinajstić information content (AvgIpc) is 2.34. The van der Waals surface area contributed by atoms with E-state index in [9.17, 15) is 4.79 Å². The fourth-order valence-corrected chi connectivity index (χ4v) is 1.66. The van der Waals surface area contributed by atoms with Gasteiger partial charge in [-0.3, -0.25) is 4.79 Å². The van der Waals surface area contributed by atoms with Gasteiger partial charge in [-0.15, -0.1) is 0 Å². The minimum absolute atomic E-state index is 0.00194. The summed E-state index contributed by atoms with van der Waals surface area (Å²) in [5.41, 5.74) is 5.50. The third kappa shape index (κ3) is 6.81. The highest BCUT2D eigenvalue weighted by molar-refractivity contribution is 6.01. The summed E-state index contributed by atoms with van der Waals surface area (Å²) >= 11 is 0. The number of hydrogen-bond donors (Lipinski definition) is 3. The molecule has 1 unspecified atom stereocenters. The van der Waals surface area contributed by atoms with Gasteiger partial charge in [0.2, 0.25) is 5.91 Å². The highest BCUT2D eigenvalue weighted by Crippen LogP contribution is 2.07. The van der Waals surface area contributed by atoms with E-state index in [-0.39, 0.29) is 11.7 Å². The van der Waals surface area contributed by atoms with E-state index in [0.29, 0.717) is 13.0 Å². The van der Waals surface area contributed by atoms with E-state index in [4.69, 9.17) is 10.9 Å². The van der Waals surface area contributed by atoms with Crippen molar-refractivity contribution in [3.63, 3.8) is 0 Å². The Balaban J connectivity index is 3.98. The lowest BCUT2D eigenvalue weighted by Crippen LogP contribution is -2.39. The number of nitrogens with zero attached hydrogens (tertiary/aromatic N) is 1. The zero-order valence-electron chi connectivity index (χ0n) is 10.9. The minimum Gasteiger partial charge on any atom is -0.409 e. The Morgan fingerprint density at radius 3 is 2.53 bits per heavy atom. The lowest BCUT2D eigenvalue weighted by Gasteiger charge is -2.14. The van der Waals surface area contributed by atoms with E-state index in [1.165, 1.54) is 12.8 Å². The van der Waals surface area contributed by atoms with Crippen molar-refractivity contribution in [2.24, 2.45) is 16.8 Å². The van der Waals surface area contributed by atoms with Gasteiger partial charge < -0.3 is 16.3 Å². The topological polar surface area (TPSA) is 87.7 Å². The fraction of sp³-hybridized carbons (Fsp3) is 0.833. The molecule has 0 bridgehead atoms. The molecule has 0 fully saturated rings. The van der Waals surface area contributed by atoms with Crippen LogP contribution < -0.4 is 11.1 Å². The van der Waals surface area contributed by atoms with Crippen LogP contribution in [0.5, 0.6) is 0 Å². The maximum Gasteiger partial charge on any atom is 0.230 e. The van der Waals surface area contributed by atoms with Gasteiger partial charge in [-0.05, 0) is 12.8 Å². The first kappa shape index (κ1) is 15.7. The Morgan fingerprint density at radius 1 is 1.29 bits per heavy atom. The molecule has 0 aliphatic heterocycles. The summed E-state index contributed by atoms with van der Waals surface area (Å²) in [6.07, 6.45) is 5.90. The zero-order chi connectivity index (χ0) is 13.1. The Morgan fingerprint density at radius 2 is 2.00 bits per heavy atom. The number of unbranched alkanes of at least 4 members (excludes halogenated alkanes) is 3. The standard InChI is InChI=1S/C12H25N3O2/c1-3-5-6-7-9-14-12(16)10(8-4-2)11(13)15-17/h10,17H,3-9H2,1-2H3,(H2,13,15)(H,14,16). The Kier molecular flexibility index (Phi) is 9.19. The predicted octanol–water partition coefficient (Wildman–Crippen LogP) is 1.85. The van der Waals surface area contributed by atoms with Crippen LogP contribution in [0.3, 0.4) is 0 Å². The van der Waals surface area contributed by atoms with Crippen molar-refractivity contribution in [2.45, 2.75) is 52.4 Å². The first-order chi connectivity index (χ1) is 8.17. The van der Waals surface area contributed by atoms with Gasteiger partial charge in [0.25, 0.3) is 0 Å². The highest BCUT2D eigenvalue weighted by Gasteiger charge is 2.21. The second kappa shape index (κ2) is 9.93. The number of carbonyl (C=O) groups is 1. The van der Waals surface area contributed by atoms with E-state index < -0.39 is 5.92 Å². The summed E-state index contributed by atoms with van der Waals surface area (Å²) in [7, 11) is 0. The SMILES string of the molecule is CCCCCCNC(=O)C(CCC)C(N)=NO. The number of amidine groups is 1. The van der Waals surface area contributed by atoms with Crippen LogP contribution in [0.2, 0.25) is 0 Å². The number of oxime groups is 1. The Labute approximate surface area is 103 Å². The van der Waals surface area contributed by atoms with Gasteiger partial charge in [-0.1, -0.05) is 44.7 Å². The molecule has 17 heavy (non-hydrogen) atoms. The van der Waals surface area contributed by atoms with E-state index in [1.807, 2.05) is 6.92 Å². The number of hydrogen-bond acceptors (Lipinski definition) is 3. The molecule has 1 amide bonds. The third-order valence-corrected chi connectivity index (χ3v) is 2.70. The molecule has 0 rings (SSSR count). The maximum atomic E-state index is 11.8. The molecule has 5 heteroatoms. The Hall–Kier alpha value is -1.26. The summed E-state index contributed by atoms with van der Waals surface area (Å²) in [6, 6.07) is 0. The fourth-order valence-electron chi connectivity index (χ4n) is 1.66. The molecule has 4 N–H and O–H groups in total. The van der Waals surface area contributed by atoms with E-state index in [1.54, 1.807) is 0 Å². The van der Waals surface area contributed by atoms with Crippen molar-refractivity contribution >= 4 is 11.7 Å². The lowest BCUT2D eigenvalue weighted by atomic mass is 10.0. The van der Waals surface area contributed by atoms with Crippen molar-refractivity contribution in [1.82, 2.24) is 5.32 Å². The van der Waals surface area contributed by atoms with Crippen LogP contribution >= 0.6 is 0 Å².